The molecule has 0 radical (unpaired) electrons. The van der Waals surface area contributed by atoms with Gasteiger partial charge in [-0.05, 0) is 37.0 Å². The number of hydrogen-bond donors (Lipinski definition) is 1. The molecule has 2 heterocycles. The second-order valence-electron chi connectivity index (χ2n) is 3.88. The first-order valence-corrected chi connectivity index (χ1v) is 5.28. The molecule has 0 spiro atoms. The third kappa shape index (κ3) is 1.26. The zero-order valence-electron chi connectivity index (χ0n) is 7.73. The molecule has 14 heavy (non-hydrogen) atoms. The molecule has 2 aromatic rings. The van der Waals surface area contributed by atoms with E-state index in [4.69, 9.17) is 12.2 Å². The molecule has 0 aliphatic heterocycles. The monoisotopic (exact) mass is 205 g/mol. The van der Waals surface area contributed by atoms with Crippen molar-refractivity contribution < 1.29 is 0 Å². The molecule has 0 atom stereocenters. The molecule has 3 rings (SSSR count). The van der Waals surface area contributed by atoms with Gasteiger partial charge in [0.05, 0.1) is 17.2 Å². The Morgan fingerprint density at radius 2 is 2.43 bits per heavy atom. The fourth-order valence-corrected chi connectivity index (χ4v) is 2.03. The third-order valence-electron chi connectivity index (χ3n) is 2.71. The SMILES string of the molecule is S=c1[nH]c2cnccc2n1CC1CC1. The van der Waals surface area contributed by atoms with Crippen LogP contribution in [0.2, 0.25) is 0 Å². The molecule has 2 aromatic heterocycles. The van der Waals surface area contributed by atoms with Crippen LogP contribution in [0.3, 0.4) is 0 Å². The topological polar surface area (TPSA) is 33.6 Å². The van der Waals surface area contributed by atoms with E-state index in [0.29, 0.717) is 0 Å². The zero-order valence-corrected chi connectivity index (χ0v) is 8.55. The number of hydrogen-bond acceptors (Lipinski definition) is 2. The average Bonchev–Trinajstić information content (AvgIpc) is 2.93. The van der Waals surface area contributed by atoms with E-state index < -0.39 is 0 Å². The molecule has 0 aromatic carbocycles. The fraction of sp³-hybridized carbons (Fsp3) is 0.400. The maximum atomic E-state index is 5.28. The summed E-state index contributed by atoms with van der Waals surface area (Å²) in [5.41, 5.74) is 2.22. The number of aromatic nitrogens is 3. The predicted molar refractivity (Wildman–Crippen MR) is 57.6 cm³/mol. The Hall–Kier alpha value is -1.16. The minimum absolute atomic E-state index is 0.819. The van der Waals surface area contributed by atoms with Crippen LogP contribution in [0.4, 0.5) is 0 Å². The Balaban J connectivity index is 2.18. The molecular formula is C10H11N3S. The highest BCUT2D eigenvalue weighted by Crippen LogP contribution is 2.31. The van der Waals surface area contributed by atoms with E-state index in [1.165, 1.54) is 18.4 Å². The van der Waals surface area contributed by atoms with Gasteiger partial charge in [0.25, 0.3) is 0 Å². The van der Waals surface area contributed by atoms with Crippen molar-refractivity contribution in [2.75, 3.05) is 0 Å². The second kappa shape index (κ2) is 2.92. The molecule has 1 aliphatic carbocycles. The minimum atomic E-state index is 0.819. The molecule has 0 amide bonds. The van der Waals surface area contributed by atoms with Crippen LogP contribution in [-0.2, 0) is 6.54 Å². The van der Waals surface area contributed by atoms with E-state index in [1.807, 2.05) is 18.5 Å². The summed E-state index contributed by atoms with van der Waals surface area (Å²) in [5, 5.41) is 0. The molecule has 0 bridgehead atoms. The van der Waals surface area contributed by atoms with Crippen molar-refractivity contribution in [2.24, 2.45) is 5.92 Å². The standard InChI is InChI=1S/C10H11N3S/c14-10-12-8-5-11-4-3-9(8)13(10)6-7-1-2-7/h3-5,7H,1-2,6H2,(H,12,14). The summed E-state index contributed by atoms with van der Waals surface area (Å²) in [6, 6.07) is 2.02. The van der Waals surface area contributed by atoms with Gasteiger partial charge in [-0.15, -0.1) is 0 Å². The van der Waals surface area contributed by atoms with Crippen LogP contribution in [0.15, 0.2) is 18.5 Å². The Labute approximate surface area is 86.8 Å². The summed E-state index contributed by atoms with van der Waals surface area (Å²) in [5.74, 6) is 0.842. The quantitative estimate of drug-likeness (QED) is 0.764. The Morgan fingerprint density at radius 1 is 1.57 bits per heavy atom. The van der Waals surface area contributed by atoms with Crippen molar-refractivity contribution in [3.8, 4) is 0 Å². The highest BCUT2D eigenvalue weighted by atomic mass is 32.1. The van der Waals surface area contributed by atoms with E-state index in [-0.39, 0.29) is 0 Å². The zero-order chi connectivity index (χ0) is 9.54. The summed E-state index contributed by atoms with van der Waals surface area (Å²) >= 11 is 5.28. The van der Waals surface area contributed by atoms with E-state index in [9.17, 15) is 0 Å². The van der Waals surface area contributed by atoms with Gasteiger partial charge in [0.2, 0.25) is 0 Å². The Bertz CT molecular complexity index is 521. The first kappa shape index (κ1) is 8.17. The number of H-pyrrole nitrogens is 1. The number of nitrogens with one attached hydrogen (secondary N) is 1. The Morgan fingerprint density at radius 3 is 3.21 bits per heavy atom. The van der Waals surface area contributed by atoms with Gasteiger partial charge in [-0.3, -0.25) is 4.98 Å². The van der Waals surface area contributed by atoms with Gasteiger partial charge in [-0.2, -0.15) is 0 Å². The lowest BCUT2D eigenvalue weighted by atomic mass is 10.4. The van der Waals surface area contributed by atoms with Crippen LogP contribution in [0.1, 0.15) is 12.8 Å². The number of imidazole rings is 1. The molecule has 1 saturated carbocycles. The smallest absolute Gasteiger partial charge is 0.178 e. The second-order valence-corrected chi connectivity index (χ2v) is 4.26. The number of aromatic amines is 1. The average molecular weight is 205 g/mol. The summed E-state index contributed by atoms with van der Waals surface area (Å²) in [7, 11) is 0. The van der Waals surface area contributed by atoms with Crippen molar-refractivity contribution in [2.45, 2.75) is 19.4 Å². The fourth-order valence-electron chi connectivity index (χ4n) is 1.75. The number of nitrogens with zero attached hydrogens (tertiary/aromatic N) is 2. The van der Waals surface area contributed by atoms with Gasteiger partial charge in [0, 0.05) is 12.7 Å². The van der Waals surface area contributed by atoms with E-state index in [2.05, 4.69) is 14.5 Å². The maximum Gasteiger partial charge on any atom is 0.178 e. The van der Waals surface area contributed by atoms with Gasteiger partial charge >= 0.3 is 0 Å². The molecule has 4 heteroatoms. The van der Waals surface area contributed by atoms with Crippen LogP contribution >= 0.6 is 12.2 Å². The maximum absolute atomic E-state index is 5.28. The molecule has 72 valence electrons. The highest BCUT2D eigenvalue weighted by Gasteiger charge is 2.22. The highest BCUT2D eigenvalue weighted by molar-refractivity contribution is 7.71. The molecule has 0 saturated heterocycles. The summed E-state index contributed by atoms with van der Waals surface area (Å²) in [4.78, 5) is 7.25. The third-order valence-corrected chi connectivity index (χ3v) is 3.04. The lowest BCUT2D eigenvalue weighted by Crippen LogP contribution is -1.99. The molecular weight excluding hydrogens is 194 g/mol. The van der Waals surface area contributed by atoms with Crippen molar-refractivity contribution in [3.63, 3.8) is 0 Å². The molecule has 3 nitrogen and oxygen atoms in total. The van der Waals surface area contributed by atoms with Crippen LogP contribution in [-0.4, -0.2) is 14.5 Å². The van der Waals surface area contributed by atoms with E-state index in [0.717, 1.165) is 22.8 Å². The van der Waals surface area contributed by atoms with E-state index >= 15 is 0 Å². The lowest BCUT2D eigenvalue weighted by Gasteiger charge is -2.01. The minimum Gasteiger partial charge on any atom is -0.329 e. The molecule has 1 N–H and O–H groups in total. The summed E-state index contributed by atoms with van der Waals surface area (Å²) in [6.07, 6.45) is 6.34. The lowest BCUT2D eigenvalue weighted by molar-refractivity contribution is 0.635. The normalized spacial score (nSPS) is 16.3. The van der Waals surface area contributed by atoms with Crippen LogP contribution < -0.4 is 0 Å². The molecule has 0 unspecified atom stereocenters. The van der Waals surface area contributed by atoms with Crippen molar-refractivity contribution in [1.29, 1.82) is 0 Å². The first-order valence-electron chi connectivity index (χ1n) is 4.87. The molecule has 1 aliphatic rings. The van der Waals surface area contributed by atoms with Crippen molar-refractivity contribution >= 4 is 23.3 Å². The van der Waals surface area contributed by atoms with Gasteiger partial charge in [-0.25, -0.2) is 0 Å². The number of fused-ring (bicyclic) bond motifs is 1. The molecule has 1 fully saturated rings. The van der Waals surface area contributed by atoms with Gasteiger partial charge in [0.1, 0.15) is 0 Å². The van der Waals surface area contributed by atoms with Crippen LogP contribution in [0.25, 0.3) is 11.0 Å². The van der Waals surface area contributed by atoms with Gasteiger partial charge in [0.15, 0.2) is 4.77 Å². The van der Waals surface area contributed by atoms with Crippen LogP contribution in [0.5, 0.6) is 0 Å². The van der Waals surface area contributed by atoms with Crippen molar-refractivity contribution in [3.05, 3.63) is 23.2 Å². The van der Waals surface area contributed by atoms with Gasteiger partial charge in [-0.1, -0.05) is 0 Å². The number of rotatable bonds is 2. The summed E-state index contributed by atoms with van der Waals surface area (Å²) in [6.45, 7) is 1.06. The largest absolute Gasteiger partial charge is 0.329 e. The van der Waals surface area contributed by atoms with Crippen molar-refractivity contribution in [1.82, 2.24) is 14.5 Å². The van der Waals surface area contributed by atoms with E-state index in [1.54, 1.807) is 0 Å². The van der Waals surface area contributed by atoms with Crippen LogP contribution in [0, 0.1) is 10.7 Å². The predicted octanol–water partition coefficient (Wildman–Crippen LogP) is 2.50. The van der Waals surface area contributed by atoms with Gasteiger partial charge < -0.3 is 9.55 Å². The number of pyridine rings is 1. The first-order chi connectivity index (χ1) is 6.84. The Kier molecular flexibility index (Phi) is 1.70. The summed E-state index contributed by atoms with van der Waals surface area (Å²) < 4.78 is 3.00.